The molecule has 4 unspecified atom stereocenters. The molecule has 2 bridgehead atoms. The van der Waals surface area contributed by atoms with Gasteiger partial charge in [0.2, 0.25) is 10.1 Å². The fourth-order valence-electron chi connectivity index (χ4n) is 3.70. The molecule has 1 amide bonds. The lowest BCUT2D eigenvalue weighted by atomic mass is 9.84. The van der Waals surface area contributed by atoms with Crippen molar-refractivity contribution in [3.8, 4) is 0 Å². The van der Waals surface area contributed by atoms with Gasteiger partial charge in [-0.25, -0.2) is 0 Å². The number of hydrogen-bond donors (Lipinski definition) is 2. The van der Waals surface area contributed by atoms with Gasteiger partial charge in [-0.3, -0.25) is 4.79 Å². The summed E-state index contributed by atoms with van der Waals surface area (Å²) in [6.07, 6.45) is 5.39. The highest BCUT2D eigenvalue weighted by Gasteiger charge is 2.42. The first-order valence-electron chi connectivity index (χ1n) is 6.99. The SMILES string of the molecule is CNc1nnc(C(=O)NC(C)C2CC3CCC2C3)s1. The van der Waals surface area contributed by atoms with Gasteiger partial charge in [0.25, 0.3) is 5.91 Å². The number of carbonyl (C=O) groups is 1. The summed E-state index contributed by atoms with van der Waals surface area (Å²) in [6, 6.07) is 0.240. The summed E-state index contributed by atoms with van der Waals surface area (Å²) < 4.78 is 0. The van der Waals surface area contributed by atoms with Crippen molar-refractivity contribution in [3.63, 3.8) is 0 Å². The number of hydrogen-bond acceptors (Lipinski definition) is 5. The number of aromatic nitrogens is 2. The van der Waals surface area contributed by atoms with E-state index in [1.54, 1.807) is 7.05 Å². The molecule has 2 aliphatic carbocycles. The van der Waals surface area contributed by atoms with E-state index in [4.69, 9.17) is 0 Å². The minimum atomic E-state index is -0.0886. The van der Waals surface area contributed by atoms with Crippen molar-refractivity contribution in [1.82, 2.24) is 15.5 Å². The number of fused-ring (bicyclic) bond motifs is 2. The van der Waals surface area contributed by atoms with Crippen molar-refractivity contribution < 1.29 is 4.79 Å². The minimum Gasteiger partial charge on any atom is -0.363 e. The first-order valence-corrected chi connectivity index (χ1v) is 7.81. The molecule has 2 fully saturated rings. The molecule has 19 heavy (non-hydrogen) atoms. The van der Waals surface area contributed by atoms with Crippen LogP contribution < -0.4 is 10.6 Å². The van der Waals surface area contributed by atoms with Crippen LogP contribution in [0.15, 0.2) is 0 Å². The van der Waals surface area contributed by atoms with Crippen LogP contribution in [-0.2, 0) is 0 Å². The molecule has 1 heterocycles. The molecule has 0 spiro atoms. The Bertz CT molecular complexity index is 475. The Morgan fingerprint density at radius 2 is 2.21 bits per heavy atom. The van der Waals surface area contributed by atoms with Crippen molar-refractivity contribution in [1.29, 1.82) is 0 Å². The summed E-state index contributed by atoms with van der Waals surface area (Å²) in [5.41, 5.74) is 0. The lowest BCUT2D eigenvalue weighted by Gasteiger charge is -2.28. The van der Waals surface area contributed by atoms with E-state index >= 15 is 0 Å². The first-order chi connectivity index (χ1) is 9.17. The average Bonchev–Trinajstić information content (AvgIpc) is 3.13. The standard InChI is InChI=1S/C13H20N4OS/c1-7(10-6-8-3-4-9(10)5-8)15-11(18)12-16-17-13(14-2)19-12/h7-10H,3-6H2,1-2H3,(H,14,17)(H,15,18). The third-order valence-corrected chi connectivity index (χ3v) is 5.57. The van der Waals surface area contributed by atoms with Crippen LogP contribution in [0, 0.1) is 17.8 Å². The first kappa shape index (κ1) is 12.8. The highest BCUT2D eigenvalue weighted by atomic mass is 32.1. The Morgan fingerprint density at radius 1 is 1.37 bits per heavy atom. The predicted octanol–water partition coefficient (Wildman–Crippen LogP) is 2.13. The van der Waals surface area contributed by atoms with Crippen LogP contribution >= 0.6 is 11.3 Å². The molecule has 2 saturated carbocycles. The second-order valence-corrected chi connectivity index (χ2v) is 6.74. The van der Waals surface area contributed by atoms with Crippen LogP contribution in [0.3, 0.4) is 0 Å². The topological polar surface area (TPSA) is 66.9 Å². The third kappa shape index (κ3) is 2.45. The number of nitrogens with zero attached hydrogens (tertiary/aromatic N) is 2. The zero-order valence-corrected chi connectivity index (χ0v) is 12.2. The Balaban J connectivity index is 1.60. The number of nitrogens with one attached hydrogen (secondary N) is 2. The molecule has 6 heteroatoms. The molecular weight excluding hydrogens is 260 g/mol. The molecule has 4 atom stereocenters. The summed E-state index contributed by atoms with van der Waals surface area (Å²) >= 11 is 1.30. The van der Waals surface area contributed by atoms with E-state index in [1.807, 2.05) is 0 Å². The quantitative estimate of drug-likeness (QED) is 0.886. The van der Waals surface area contributed by atoms with Crippen LogP contribution in [0.2, 0.25) is 0 Å². The monoisotopic (exact) mass is 280 g/mol. The molecule has 2 aliphatic rings. The minimum absolute atomic E-state index is 0.0886. The van der Waals surface area contributed by atoms with Crippen molar-refractivity contribution in [2.24, 2.45) is 17.8 Å². The van der Waals surface area contributed by atoms with Crippen molar-refractivity contribution in [2.75, 3.05) is 12.4 Å². The van der Waals surface area contributed by atoms with E-state index in [1.165, 1.54) is 37.0 Å². The molecule has 104 valence electrons. The fraction of sp³-hybridized carbons (Fsp3) is 0.769. The second kappa shape index (κ2) is 5.07. The van der Waals surface area contributed by atoms with E-state index in [0.717, 1.165) is 11.8 Å². The molecule has 2 N–H and O–H groups in total. The summed E-state index contributed by atoms with van der Waals surface area (Å²) in [5, 5.41) is 14.9. The van der Waals surface area contributed by atoms with Crippen LogP contribution in [0.5, 0.6) is 0 Å². The number of rotatable bonds is 4. The second-order valence-electron chi connectivity index (χ2n) is 5.76. The van der Waals surface area contributed by atoms with Gasteiger partial charge in [0.1, 0.15) is 0 Å². The Morgan fingerprint density at radius 3 is 2.79 bits per heavy atom. The highest BCUT2D eigenvalue weighted by molar-refractivity contribution is 7.17. The normalized spacial score (nSPS) is 30.3. The van der Waals surface area contributed by atoms with Crippen molar-refractivity contribution in [2.45, 2.75) is 38.6 Å². The highest BCUT2D eigenvalue weighted by Crippen LogP contribution is 2.49. The molecule has 0 aromatic carbocycles. The molecule has 3 rings (SSSR count). The maximum atomic E-state index is 12.1. The van der Waals surface area contributed by atoms with Crippen LogP contribution in [0.4, 0.5) is 5.13 Å². The number of amides is 1. The average molecular weight is 280 g/mol. The van der Waals surface area contributed by atoms with Gasteiger partial charge >= 0.3 is 0 Å². The fourth-order valence-corrected chi connectivity index (χ4v) is 4.30. The molecule has 0 saturated heterocycles. The summed E-state index contributed by atoms with van der Waals surface area (Å²) in [6.45, 7) is 2.13. The van der Waals surface area contributed by atoms with Gasteiger partial charge in [0.05, 0.1) is 0 Å². The van der Waals surface area contributed by atoms with Gasteiger partial charge < -0.3 is 10.6 Å². The van der Waals surface area contributed by atoms with E-state index in [0.29, 0.717) is 16.1 Å². The summed E-state index contributed by atoms with van der Waals surface area (Å²) in [4.78, 5) is 12.1. The zero-order valence-electron chi connectivity index (χ0n) is 11.3. The Kier molecular flexibility index (Phi) is 3.43. The maximum Gasteiger partial charge on any atom is 0.282 e. The maximum absolute atomic E-state index is 12.1. The molecular formula is C13H20N4OS. The zero-order chi connectivity index (χ0) is 13.4. The van der Waals surface area contributed by atoms with Gasteiger partial charge in [0, 0.05) is 13.1 Å². The Labute approximate surface area is 117 Å². The molecule has 0 radical (unpaired) electrons. The lowest BCUT2D eigenvalue weighted by molar-refractivity contribution is 0.0914. The molecule has 1 aromatic rings. The van der Waals surface area contributed by atoms with Gasteiger partial charge in [-0.2, -0.15) is 0 Å². The number of carbonyl (C=O) groups excluding carboxylic acids is 1. The lowest BCUT2D eigenvalue weighted by Crippen LogP contribution is -2.40. The predicted molar refractivity (Wildman–Crippen MR) is 75.3 cm³/mol. The summed E-state index contributed by atoms with van der Waals surface area (Å²) in [7, 11) is 1.78. The molecule has 1 aromatic heterocycles. The molecule has 5 nitrogen and oxygen atoms in total. The van der Waals surface area contributed by atoms with E-state index in [-0.39, 0.29) is 11.9 Å². The Hall–Kier alpha value is -1.17. The molecule has 0 aliphatic heterocycles. The van der Waals surface area contributed by atoms with Crippen LogP contribution in [0.1, 0.15) is 42.4 Å². The summed E-state index contributed by atoms with van der Waals surface area (Å²) in [5.74, 6) is 2.29. The number of anilines is 1. The largest absolute Gasteiger partial charge is 0.363 e. The third-order valence-electron chi connectivity index (χ3n) is 4.63. The van der Waals surface area contributed by atoms with Gasteiger partial charge in [-0.1, -0.05) is 17.8 Å². The van der Waals surface area contributed by atoms with Crippen molar-refractivity contribution >= 4 is 22.4 Å². The van der Waals surface area contributed by atoms with E-state index in [9.17, 15) is 4.79 Å². The van der Waals surface area contributed by atoms with E-state index in [2.05, 4.69) is 27.8 Å². The van der Waals surface area contributed by atoms with Gasteiger partial charge in [0.15, 0.2) is 0 Å². The van der Waals surface area contributed by atoms with Gasteiger partial charge in [-0.05, 0) is 43.9 Å². The van der Waals surface area contributed by atoms with Crippen molar-refractivity contribution in [3.05, 3.63) is 5.01 Å². The van der Waals surface area contributed by atoms with Crippen LogP contribution in [0.25, 0.3) is 0 Å². The van der Waals surface area contributed by atoms with Gasteiger partial charge in [-0.15, -0.1) is 10.2 Å². The van der Waals surface area contributed by atoms with Crippen LogP contribution in [-0.4, -0.2) is 29.2 Å². The smallest absolute Gasteiger partial charge is 0.282 e. The van der Waals surface area contributed by atoms with E-state index < -0.39 is 0 Å².